The molecule has 1 heterocycles. The lowest BCUT2D eigenvalue weighted by atomic mass is 9.81. The van der Waals surface area contributed by atoms with E-state index in [1.165, 1.54) is 34.2 Å². The zero-order valence-electron chi connectivity index (χ0n) is 13.6. The zero-order chi connectivity index (χ0) is 17.2. The van der Waals surface area contributed by atoms with Crippen LogP contribution in [0.2, 0.25) is 0 Å². The molecule has 6 heteroatoms. The number of fused-ring (bicyclic) bond motifs is 5. The SMILES string of the molecule is CC(C)=C1[C@H]2CC[C@@H]1[C@@H]1C(=O)N(c3cccc([N+](=O)[O-])c3)C(=O)[C@H]12. The summed E-state index contributed by atoms with van der Waals surface area (Å²) in [7, 11) is 0. The lowest BCUT2D eigenvalue weighted by molar-refractivity contribution is -0.384. The molecule has 4 atom stereocenters. The van der Waals surface area contributed by atoms with Gasteiger partial charge in [-0.3, -0.25) is 19.7 Å². The smallest absolute Gasteiger partial charge is 0.271 e. The molecule has 24 heavy (non-hydrogen) atoms. The molecular formula is C18H18N2O4. The first-order valence-electron chi connectivity index (χ1n) is 8.21. The van der Waals surface area contributed by atoms with E-state index in [1.54, 1.807) is 6.07 Å². The average Bonchev–Trinajstić information content (AvgIpc) is 3.17. The number of nitrogens with zero attached hydrogens (tertiary/aromatic N) is 2. The first kappa shape index (κ1) is 15.1. The van der Waals surface area contributed by atoms with Crippen molar-refractivity contribution in [1.29, 1.82) is 0 Å². The van der Waals surface area contributed by atoms with Gasteiger partial charge in [0, 0.05) is 12.1 Å². The number of nitro benzene ring substituents is 1. The van der Waals surface area contributed by atoms with E-state index >= 15 is 0 Å². The molecule has 0 aromatic heterocycles. The largest absolute Gasteiger partial charge is 0.274 e. The molecular weight excluding hydrogens is 308 g/mol. The van der Waals surface area contributed by atoms with Crippen LogP contribution < -0.4 is 4.90 Å². The number of allylic oxidation sites excluding steroid dienone is 2. The third-order valence-electron chi connectivity index (χ3n) is 5.73. The van der Waals surface area contributed by atoms with E-state index in [-0.39, 0.29) is 41.2 Å². The molecule has 1 aliphatic heterocycles. The fourth-order valence-electron chi connectivity index (χ4n) is 4.99. The highest BCUT2D eigenvalue weighted by Crippen LogP contribution is 2.60. The van der Waals surface area contributed by atoms with Gasteiger partial charge in [0.15, 0.2) is 0 Å². The zero-order valence-corrected chi connectivity index (χ0v) is 13.6. The number of non-ortho nitro benzene ring substituents is 1. The fourth-order valence-corrected chi connectivity index (χ4v) is 4.99. The molecule has 4 rings (SSSR count). The standard InChI is InChI=1S/C18H18N2O4/c1-9(2)14-12-6-7-13(14)16-15(12)17(21)19(18(16)22)10-4-3-5-11(8-10)20(23)24/h3-5,8,12-13,15-16H,6-7H2,1-2H3/t12-,13+,15-,16-/m0/s1. The first-order chi connectivity index (χ1) is 11.4. The van der Waals surface area contributed by atoms with Crippen LogP contribution in [0.5, 0.6) is 0 Å². The monoisotopic (exact) mass is 326 g/mol. The minimum Gasteiger partial charge on any atom is -0.274 e. The lowest BCUT2D eigenvalue weighted by Gasteiger charge is -2.19. The highest BCUT2D eigenvalue weighted by atomic mass is 16.6. The van der Waals surface area contributed by atoms with Gasteiger partial charge < -0.3 is 0 Å². The van der Waals surface area contributed by atoms with E-state index in [0.29, 0.717) is 5.69 Å². The van der Waals surface area contributed by atoms with Gasteiger partial charge >= 0.3 is 0 Å². The Kier molecular flexibility index (Phi) is 3.13. The molecule has 0 N–H and O–H groups in total. The summed E-state index contributed by atoms with van der Waals surface area (Å²) >= 11 is 0. The number of nitro groups is 1. The molecule has 1 aromatic carbocycles. The number of rotatable bonds is 2. The topological polar surface area (TPSA) is 80.5 Å². The van der Waals surface area contributed by atoms with Crippen molar-refractivity contribution in [3.05, 3.63) is 45.5 Å². The van der Waals surface area contributed by atoms with Crippen molar-refractivity contribution in [1.82, 2.24) is 0 Å². The Morgan fingerprint density at radius 2 is 1.71 bits per heavy atom. The summed E-state index contributed by atoms with van der Waals surface area (Å²) < 4.78 is 0. The molecule has 124 valence electrons. The van der Waals surface area contributed by atoms with E-state index < -0.39 is 4.92 Å². The normalized spacial score (nSPS) is 30.9. The maximum Gasteiger partial charge on any atom is 0.271 e. The number of benzene rings is 1. The first-order valence-corrected chi connectivity index (χ1v) is 8.21. The molecule has 0 spiro atoms. The Morgan fingerprint density at radius 1 is 1.12 bits per heavy atom. The Morgan fingerprint density at radius 3 is 2.21 bits per heavy atom. The summed E-state index contributed by atoms with van der Waals surface area (Å²) in [6.45, 7) is 4.10. The molecule has 0 unspecified atom stereocenters. The van der Waals surface area contributed by atoms with Gasteiger partial charge in [0.05, 0.1) is 22.4 Å². The Balaban J connectivity index is 1.75. The summed E-state index contributed by atoms with van der Waals surface area (Å²) in [6.07, 6.45) is 1.91. The second kappa shape index (κ2) is 5.00. The highest BCUT2D eigenvalue weighted by molar-refractivity contribution is 6.23. The van der Waals surface area contributed by atoms with Crippen LogP contribution in [0.3, 0.4) is 0 Å². The Labute approximate surface area is 139 Å². The maximum atomic E-state index is 12.9. The van der Waals surface area contributed by atoms with Gasteiger partial charge in [0.25, 0.3) is 5.69 Å². The summed E-state index contributed by atoms with van der Waals surface area (Å²) in [5, 5.41) is 11.0. The molecule has 1 saturated heterocycles. The number of anilines is 1. The van der Waals surface area contributed by atoms with Gasteiger partial charge in [-0.15, -0.1) is 0 Å². The highest BCUT2D eigenvalue weighted by Gasteiger charge is 2.63. The summed E-state index contributed by atoms with van der Waals surface area (Å²) in [6, 6.07) is 5.77. The number of carbonyl (C=O) groups excluding carboxylic acids is 2. The average molecular weight is 326 g/mol. The van der Waals surface area contributed by atoms with Gasteiger partial charge in [0.1, 0.15) is 0 Å². The quantitative estimate of drug-likeness (QED) is 0.362. The van der Waals surface area contributed by atoms with Crippen LogP contribution in [-0.4, -0.2) is 16.7 Å². The van der Waals surface area contributed by atoms with Crippen molar-refractivity contribution in [3.8, 4) is 0 Å². The Bertz CT molecular complexity index is 777. The van der Waals surface area contributed by atoms with Crippen molar-refractivity contribution < 1.29 is 14.5 Å². The molecule has 6 nitrogen and oxygen atoms in total. The van der Waals surface area contributed by atoms with Crippen LogP contribution >= 0.6 is 0 Å². The van der Waals surface area contributed by atoms with Crippen LogP contribution in [0.25, 0.3) is 0 Å². The summed E-state index contributed by atoms with van der Waals surface area (Å²) in [5.41, 5.74) is 2.72. The van der Waals surface area contributed by atoms with E-state index in [2.05, 4.69) is 13.8 Å². The lowest BCUT2D eigenvalue weighted by Crippen LogP contribution is -2.33. The second-order valence-corrected chi connectivity index (χ2v) is 7.09. The summed E-state index contributed by atoms with van der Waals surface area (Å²) in [5.74, 6) is -0.663. The molecule has 1 aromatic rings. The van der Waals surface area contributed by atoms with Crippen LogP contribution in [0, 0.1) is 33.8 Å². The van der Waals surface area contributed by atoms with Crippen molar-refractivity contribution in [2.75, 3.05) is 4.90 Å². The predicted octanol–water partition coefficient (Wildman–Crippen LogP) is 3.08. The molecule has 3 fully saturated rings. The number of imide groups is 1. The van der Waals surface area contributed by atoms with Gasteiger partial charge in [0.2, 0.25) is 11.8 Å². The third kappa shape index (κ3) is 1.82. The molecule has 2 saturated carbocycles. The molecule has 3 aliphatic rings. The minimum atomic E-state index is -0.514. The van der Waals surface area contributed by atoms with E-state index in [0.717, 1.165) is 12.8 Å². The molecule has 0 radical (unpaired) electrons. The molecule has 2 aliphatic carbocycles. The molecule has 2 amide bonds. The van der Waals surface area contributed by atoms with Crippen molar-refractivity contribution in [3.63, 3.8) is 0 Å². The van der Waals surface area contributed by atoms with Crippen molar-refractivity contribution in [2.45, 2.75) is 26.7 Å². The second-order valence-electron chi connectivity index (χ2n) is 7.09. The number of carbonyl (C=O) groups is 2. The maximum absolute atomic E-state index is 12.9. The fraction of sp³-hybridized carbons (Fsp3) is 0.444. The van der Waals surface area contributed by atoms with E-state index in [1.807, 2.05) is 0 Å². The van der Waals surface area contributed by atoms with Crippen LogP contribution in [0.1, 0.15) is 26.7 Å². The van der Waals surface area contributed by atoms with Crippen molar-refractivity contribution >= 4 is 23.2 Å². The third-order valence-corrected chi connectivity index (χ3v) is 5.73. The summed E-state index contributed by atoms with van der Waals surface area (Å²) in [4.78, 5) is 37.5. The minimum absolute atomic E-state index is 0.113. The van der Waals surface area contributed by atoms with Crippen LogP contribution in [0.15, 0.2) is 35.4 Å². The van der Waals surface area contributed by atoms with Gasteiger partial charge in [-0.05, 0) is 44.6 Å². The van der Waals surface area contributed by atoms with Crippen LogP contribution in [-0.2, 0) is 9.59 Å². The predicted molar refractivity (Wildman–Crippen MR) is 87.2 cm³/mol. The Hall–Kier alpha value is -2.50. The van der Waals surface area contributed by atoms with Gasteiger partial charge in [-0.1, -0.05) is 17.2 Å². The molecule has 2 bridgehead atoms. The van der Waals surface area contributed by atoms with Crippen molar-refractivity contribution in [2.24, 2.45) is 23.7 Å². The van der Waals surface area contributed by atoms with Crippen LogP contribution in [0.4, 0.5) is 11.4 Å². The van der Waals surface area contributed by atoms with Gasteiger partial charge in [-0.25, -0.2) is 4.90 Å². The number of amides is 2. The van der Waals surface area contributed by atoms with E-state index in [4.69, 9.17) is 0 Å². The van der Waals surface area contributed by atoms with Gasteiger partial charge in [-0.2, -0.15) is 0 Å². The van der Waals surface area contributed by atoms with E-state index in [9.17, 15) is 19.7 Å². The number of hydrogen-bond acceptors (Lipinski definition) is 4. The number of hydrogen-bond donors (Lipinski definition) is 0.